The van der Waals surface area contributed by atoms with Crippen LogP contribution in [0.1, 0.15) is 44.5 Å². The molecular weight excluding hydrogens is 1250 g/mol. The molecule has 2 fully saturated rings. The third-order valence-electron chi connectivity index (χ3n) is 16.2. The molecule has 0 saturated carbocycles. The molecule has 2 saturated heterocycles. The molecule has 14 nitrogen and oxygen atoms in total. The van der Waals surface area contributed by atoms with Crippen molar-refractivity contribution in [3.05, 3.63) is 240 Å². The van der Waals surface area contributed by atoms with Crippen molar-refractivity contribution >= 4 is 115 Å². The number of rotatable bonds is 34. The minimum Gasteiger partial charge on any atom is -0.395 e. The molecular formula is C76H94N10O4S4+4. The van der Waals surface area contributed by atoms with E-state index in [4.69, 9.17) is 0 Å². The Morgan fingerprint density at radius 2 is 0.521 bits per heavy atom. The Hall–Kier alpha value is -7.20. The molecule has 0 amide bonds. The molecule has 10 rings (SSSR count). The topological polar surface area (TPSA) is 133 Å². The summed E-state index contributed by atoms with van der Waals surface area (Å²) >= 11 is 0. The average molecular weight is 1340 g/mol. The summed E-state index contributed by atoms with van der Waals surface area (Å²) in [5, 5.41) is 43.9. The number of aliphatic hydroxyl groups excluding tert-OH is 4. The first kappa shape index (κ1) is 71.1. The SMILES string of the molecule is C(=C\c1cc[n+](CCSSCC[n+]2ccc(/C=C/c3ccc(N4CCNCC4)cc3)cc2)cc1)/c1ccc(N2CCNCC2)cc1.OCCN(CCO)c1ccc(/C=C/c2cc[n+](CCSSCC[n+]3ccc(/C=C/c4ccc(N(CCO)CCO)cc4)cc3)cc2)cc1. The summed E-state index contributed by atoms with van der Waals surface area (Å²) in [5.41, 5.74) is 14.0. The fourth-order valence-corrected chi connectivity index (χ4v) is 14.7. The maximum atomic E-state index is 9.26. The molecule has 0 atom stereocenters. The Bertz CT molecular complexity index is 3270. The number of benzene rings is 4. The van der Waals surface area contributed by atoms with Gasteiger partial charge in [0.15, 0.2) is 75.8 Å². The van der Waals surface area contributed by atoms with Crippen LogP contribution in [-0.4, -0.2) is 148 Å². The number of aliphatic hydroxyl groups is 4. The molecule has 8 aromatic rings. The lowest BCUT2D eigenvalue weighted by molar-refractivity contribution is -0.692. The van der Waals surface area contributed by atoms with Gasteiger partial charge in [-0.1, -0.05) is 140 Å². The minimum absolute atomic E-state index is 0.0571. The summed E-state index contributed by atoms with van der Waals surface area (Å²) < 4.78 is 8.98. The van der Waals surface area contributed by atoms with Crippen LogP contribution < -0.4 is 48.5 Å². The largest absolute Gasteiger partial charge is 0.395 e. The van der Waals surface area contributed by atoms with E-state index in [9.17, 15) is 20.4 Å². The van der Waals surface area contributed by atoms with Crippen LogP contribution in [0.4, 0.5) is 22.7 Å². The second kappa shape index (κ2) is 40.9. The molecule has 4 aromatic heterocycles. The van der Waals surface area contributed by atoms with E-state index in [1.807, 2.05) is 77.2 Å². The van der Waals surface area contributed by atoms with Crippen molar-refractivity contribution in [3.8, 4) is 0 Å². The number of pyridine rings is 4. The van der Waals surface area contributed by atoms with Crippen LogP contribution in [0.25, 0.3) is 48.6 Å². The van der Waals surface area contributed by atoms with E-state index in [1.165, 1.54) is 33.6 Å². The normalized spacial score (nSPS) is 13.5. The van der Waals surface area contributed by atoms with Crippen molar-refractivity contribution < 1.29 is 38.7 Å². The summed E-state index contributed by atoms with van der Waals surface area (Å²) in [5.74, 6) is 4.26. The van der Waals surface area contributed by atoms with Crippen molar-refractivity contribution in [2.24, 2.45) is 0 Å². The molecule has 94 heavy (non-hydrogen) atoms. The van der Waals surface area contributed by atoms with E-state index in [2.05, 4.69) is 258 Å². The Labute approximate surface area is 573 Å². The molecule has 6 N–H and O–H groups in total. The molecule has 0 unspecified atom stereocenters. The van der Waals surface area contributed by atoms with Gasteiger partial charge >= 0.3 is 0 Å². The van der Waals surface area contributed by atoms with Gasteiger partial charge in [-0.25, -0.2) is 18.3 Å². The van der Waals surface area contributed by atoms with E-state index < -0.39 is 0 Å². The number of hydrogen-bond donors (Lipinski definition) is 6. The quantitative estimate of drug-likeness (QED) is 0.0130. The van der Waals surface area contributed by atoms with Crippen molar-refractivity contribution in [2.75, 3.05) is 148 Å². The first-order valence-corrected chi connectivity index (χ1v) is 37.8. The molecule has 0 bridgehead atoms. The molecule has 492 valence electrons. The van der Waals surface area contributed by atoms with Crippen LogP contribution in [0.5, 0.6) is 0 Å². The molecule has 0 aliphatic carbocycles. The van der Waals surface area contributed by atoms with Crippen LogP contribution in [0, 0.1) is 0 Å². The van der Waals surface area contributed by atoms with Crippen LogP contribution >= 0.6 is 43.2 Å². The Morgan fingerprint density at radius 1 is 0.309 bits per heavy atom. The Morgan fingerprint density at radius 3 is 0.745 bits per heavy atom. The van der Waals surface area contributed by atoms with Gasteiger partial charge in [0.1, 0.15) is 0 Å². The fourth-order valence-electron chi connectivity index (χ4n) is 10.7. The van der Waals surface area contributed by atoms with E-state index in [0.29, 0.717) is 26.2 Å². The number of nitrogens with one attached hydrogen (secondary N) is 2. The minimum atomic E-state index is 0.0571. The van der Waals surface area contributed by atoms with Crippen molar-refractivity contribution in [3.63, 3.8) is 0 Å². The predicted molar refractivity (Wildman–Crippen MR) is 401 cm³/mol. The van der Waals surface area contributed by atoms with Crippen molar-refractivity contribution in [2.45, 2.75) is 26.2 Å². The van der Waals surface area contributed by atoms with Gasteiger partial charge in [0, 0.05) is 150 Å². The number of nitrogens with zero attached hydrogens (tertiary/aromatic N) is 8. The van der Waals surface area contributed by atoms with E-state index in [-0.39, 0.29) is 26.4 Å². The van der Waals surface area contributed by atoms with Gasteiger partial charge in [0.25, 0.3) is 0 Å². The van der Waals surface area contributed by atoms with Crippen LogP contribution in [0.2, 0.25) is 0 Å². The van der Waals surface area contributed by atoms with E-state index >= 15 is 0 Å². The van der Waals surface area contributed by atoms with Gasteiger partial charge in [-0.15, -0.1) is 0 Å². The van der Waals surface area contributed by atoms with E-state index in [1.54, 1.807) is 0 Å². The number of hydrogen-bond acceptors (Lipinski definition) is 14. The molecule has 0 spiro atoms. The third-order valence-corrected chi connectivity index (χ3v) is 20.9. The maximum Gasteiger partial charge on any atom is 0.169 e. The highest BCUT2D eigenvalue weighted by Crippen LogP contribution is 2.24. The molecule has 18 heteroatoms. The lowest BCUT2D eigenvalue weighted by Crippen LogP contribution is -2.43. The van der Waals surface area contributed by atoms with Gasteiger partial charge in [0.2, 0.25) is 0 Å². The van der Waals surface area contributed by atoms with Crippen molar-refractivity contribution in [1.29, 1.82) is 0 Å². The molecule has 4 aromatic carbocycles. The van der Waals surface area contributed by atoms with Gasteiger partial charge < -0.3 is 50.7 Å². The highest BCUT2D eigenvalue weighted by Gasteiger charge is 2.13. The molecule has 2 aliphatic heterocycles. The highest BCUT2D eigenvalue weighted by molar-refractivity contribution is 8.77. The Kier molecular flexibility index (Phi) is 30.9. The maximum absolute atomic E-state index is 9.26. The number of aryl methyl sites for hydroxylation is 4. The zero-order valence-electron chi connectivity index (χ0n) is 54.1. The van der Waals surface area contributed by atoms with Crippen LogP contribution in [0.3, 0.4) is 0 Å². The lowest BCUT2D eigenvalue weighted by Gasteiger charge is -2.29. The molecule has 0 radical (unpaired) electrons. The average Bonchev–Trinajstić information content (AvgIpc) is 3.12. The summed E-state index contributed by atoms with van der Waals surface area (Å²) in [6.45, 7) is 14.8. The fraction of sp³-hybridized carbons (Fsp3) is 0.316. The number of piperazine rings is 2. The Balaban J connectivity index is 0.000000221. The van der Waals surface area contributed by atoms with E-state index in [0.717, 1.165) is 135 Å². The smallest absolute Gasteiger partial charge is 0.169 e. The molecule has 6 heterocycles. The van der Waals surface area contributed by atoms with Gasteiger partial charge in [0.05, 0.1) is 49.4 Å². The summed E-state index contributed by atoms with van der Waals surface area (Å²) in [6, 6.07) is 51.4. The van der Waals surface area contributed by atoms with Crippen LogP contribution in [0.15, 0.2) is 195 Å². The van der Waals surface area contributed by atoms with Crippen molar-refractivity contribution in [1.82, 2.24) is 10.6 Å². The number of aromatic nitrogens is 4. The standard InChI is InChI=1S/C38H46N6S2.C38H48N4O4S2/c1(33-5-9-37(10-6-33)43-25-17-39-18-26-43)3-35-13-21-41(22-14-35)29-31-45-46-32-30-42-23-15-36(16-24-42)4-2-34-7-11-38(12-8-34)44-27-19-40-20-28-44;43-27-21-41(22-28-44)37-9-5-33(6-10-37)1-3-35-13-17-39(18-14-35)25-31-47-48-32-26-40-19-15-36(16-20-40)4-2-34-7-11-38(12-8-34)42(23-29-45)24-30-46/h1-16,21-24,39-40H,17-20,25-32H2;1-20,43-46H,21-32H2/q2*+2. The summed E-state index contributed by atoms with van der Waals surface area (Å²) in [7, 11) is 7.71. The zero-order valence-corrected chi connectivity index (χ0v) is 57.3. The second-order valence-corrected chi connectivity index (χ2v) is 28.2. The zero-order chi connectivity index (χ0) is 65.0. The van der Waals surface area contributed by atoms with Gasteiger partial charge in [-0.2, -0.15) is 0 Å². The summed E-state index contributed by atoms with van der Waals surface area (Å²) in [6.07, 6.45) is 34.5. The number of anilines is 4. The first-order valence-electron chi connectivity index (χ1n) is 32.8. The highest BCUT2D eigenvalue weighted by atomic mass is 33.1. The molecule has 2 aliphatic rings. The monoisotopic (exact) mass is 1340 g/mol. The summed E-state index contributed by atoms with van der Waals surface area (Å²) in [4.78, 5) is 8.83. The van der Waals surface area contributed by atoms with Gasteiger partial charge in [-0.05, 0) is 93.0 Å². The lowest BCUT2D eigenvalue weighted by atomic mass is 10.1. The van der Waals surface area contributed by atoms with Gasteiger partial charge in [-0.3, -0.25) is 0 Å². The predicted octanol–water partition coefficient (Wildman–Crippen LogP) is 9.77. The second-order valence-electron chi connectivity index (χ2n) is 22.8. The third kappa shape index (κ3) is 24.9. The first-order chi connectivity index (χ1) is 46.4. The van der Waals surface area contributed by atoms with Crippen LogP contribution in [-0.2, 0) is 26.2 Å².